The zero-order chi connectivity index (χ0) is 15.5. The molecular formula is C17H26N2OS. The van der Waals surface area contributed by atoms with E-state index in [1.165, 1.54) is 17.7 Å². The molecule has 1 aliphatic heterocycles. The van der Waals surface area contributed by atoms with Gasteiger partial charge in [0.05, 0.1) is 0 Å². The van der Waals surface area contributed by atoms with Gasteiger partial charge in [0.25, 0.3) is 0 Å². The van der Waals surface area contributed by atoms with Gasteiger partial charge in [0, 0.05) is 38.0 Å². The molecule has 1 fully saturated rings. The standard InChI is InChI=1S/C17H26N2OS/c1-13(20)19(4)10-14-7-5-6-8-16(14)18-15-9-17(2,3)12-21-11-15/h5-8,15,18H,9-12H2,1-4H3. The van der Waals surface area contributed by atoms with E-state index in [9.17, 15) is 4.79 Å². The molecule has 1 aromatic carbocycles. The number of para-hydroxylation sites is 1. The summed E-state index contributed by atoms with van der Waals surface area (Å²) in [5.74, 6) is 2.49. The maximum absolute atomic E-state index is 11.4. The van der Waals surface area contributed by atoms with Crippen LogP contribution in [0.3, 0.4) is 0 Å². The Morgan fingerprint density at radius 3 is 2.81 bits per heavy atom. The molecular weight excluding hydrogens is 280 g/mol. The van der Waals surface area contributed by atoms with Crippen molar-refractivity contribution in [1.29, 1.82) is 0 Å². The summed E-state index contributed by atoms with van der Waals surface area (Å²) in [7, 11) is 1.85. The summed E-state index contributed by atoms with van der Waals surface area (Å²) in [5.41, 5.74) is 2.74. The number of nitrogens with zero attached hydrogens (tertiary/aromatic N) is 1. The lowest BCUT2D eigenvalue weighted by Gasteiger charge is -2.36. The highest BCUT2D eigenvalue weighted by Gasteiger charge is 2.28. The molecule has 1 aliphatic rings. The van der Waals surface area contributed by atoms with Gasteiger partial charge in [-0.2, -0.15) is 11.8 Å². The second-order valence-electron chi connectivity index (χ2n) is 6.76. The van der Waals surface area contributed by atoms with Crippen LogP contribution in [0.1, 0.15) is 32.8 Å². The van der Waals surface area contributed by atoms with Crippen molar-refractivity contribution in [3.8, 4) is 0 Å². The van der Waals surface area contributed by atoms with Gasteiger partial charge in [-0.15, -0.1) is 0 Å². The number of hydrogen-bond acceptors (Lipinski definition) is 3. The van der Waals surface area contributed by atoms with Crippen LogP contribution in [-0.4, -0.2) is 35.4 Å². The van der Waals surface area contributed by atoms with E-state index in [1.807, 2.05) is 24.9 Å². The molecule has 0 spiro atoms. The van der Waals surface area contributed by atoms with Crippen LogP contribution in [0.4, 0.5) is 5.69 Å². The van der Waals surface area contributed by atoms with Gasteiger partial charge in [-0.05, 0) is 29.2 Å². The van der Waals surface area contributed by atoms with Crippen molar-refractivity contribution in [3.63, 3.8) is 0 Å². The largest absolute Gasteiger partial charge is 0.381 e. The van der Waals surface area contributed by atoms with Gasteiger partial charge in [-0.3, -0.25) is 4.79 Å². The normalized spacial score (nSPS) is 20.9. The van der Waals surface area contributed by atoms with Crippen LogP contribution < -0.4 is 5.32 Å². The maximum Gasteiger partial charge on any atom is 0.219 e. The Labute approximate surface area is 132 Å². The van der Waals surface area contributed by atoms with E-state index in [0.717, 1.165) is 11.4 Å². The van der Waals surface area contributed by atoms with Gasteiger partial charge in [0.15, 0.2) is 0 Å². The van der Waals surface area contributed by atoms with Crippen LogP contribution in [0.2, 0.25) is 0 Å². The number of hydrogen-bond donors (Lipinski definition) is 1. The molecule has 1 heterocycles. The summed E-state index contributed by atoms with van der Waals surface area (Å²) >= 11 is 2.03. The van der Waals surface area contributed by atoms with Crippen molar-refractivity contribution < 1.29 is 4.79 Å². The average Bonchev–Trinajstić information content (AvgIpc) is 2.39. The predicted octanol–water partition coefficient (Wildman–Crippen LogP) is 3.61. The molecule has 1 unspecified atom stereocenters. The van der Waals surface area contributed by atoms with Crippen molar-refractivity contribution in [3.05, 3.63) is 29.8 Å². The summed E-state index contributed by atoms with van der Waals surface area (Å²) in [4.78, 5) is 13.2. The first-order valence-electron chi connectivity index (χ1n) is 7.51. The molecule has 0 saturated carbocycles. The first kappa shape index (κ1) is 16.2. The molecule has 1 atom stereocenters. The molecule has 0 radical (unpaired) electrons. The highest BCUT2D eigenvalue weighted by atomic mass is 32.2. The Hall–Kier alpha value is -1.16. The summed E-state index contributed by atoms with van der Waals surface area (Å²) < 4.78 is 0. The van der Waals surface area contributed by atoms with E-state index in [1.54, 1.807) is 11.8 Å². The number of carbonyl (C=O) groups is 1. The molecule has 4 heteroatoms. The van der Waals surface area contributed by atoms with E-state index in [-0.39, 0.29) is 5.91 Å². The van der Waals surface area contributed by atoms with Gasteiger partial charge in [0.2, 0.25) is 5.91 Å². The molecule has 21 heavy (non-hydrogen) atoms. The fourth-order valence-electron chi connectivity index (χ4n) is 2.74. The summed E-state index contributed by atoms with van der Waals surface area (Å²) in [6, 6.07) is 8.82. The SMILES string of the molecule is CC(=O)N(C)Cc1ccccc1NC1CSCC(C)(C)C1. The lowest BCUT2D eigenvalue weighted by atomic mass is 9.87. The minimum Gasteiger partial charge on any atom is -0.381 e. The second kappa shape index (κ2) is 6.73. The van der Waals surface area contributed by atoms with E-state index < -0.39 is 0 Å². The zero-order valence-electron chi connectivity index (χ0n) is 13.5. The quantitative estimate of drug-likeness (QED) is 0.922. The van der Waals surface area contributed by atoms with Gasteiger partial charge in [-0.1, -0.05) is 32.0 Å². The molecule has 1 aromatic rings. The third-order valence-corrected chi connectivity index (χ3v) is 5.56. The monoisotopic (exact) mass is 306 g/mol. The first-order chi connectivity index (χ1) is 9.87. The van der Waals surface area contributed by atoms with Crippen molar-refractivity contribution in [2.24, 2.45) is 5.41 Å². The van der Waals surface area contributed by atoms with Crippen LogP contribution >= 0.6 is 11.8 Å². The molecule has 0 bridgehead atoms. The first-order valence-corrected chi connectivity index (χ1v) is 8.67. The van der Waals surface area contributed by atoms with Crippen LogP contribution in [0.25, 0.3) is 0 Å². The summed E-state index contributed by atoms with van der Waals surface area (Å²) in [6.07, 6.45) is 1.19. The topological polar surface area (TPSA) is 32.3 Å². The Balaban J connectivity index is 2.07. The summed E-state index contributed by atoms with van der Waals surface area (Å²) in [5, 5.41) is 3.69. The smallest absolute Gasteiger partial charge is 0.219 e. The molecule has 2 rings (SSSR count). The predicted molar refractivity (Wildman–Crippen MR) is 91.7 cm³/mol. The van der Waals surface area contributed by atoms with Crippen molar-refractivity contribution >= 4 is 23.4 Å². The third-order valence-electron chi connectivity index (χ3n) is 3.93. The van der Waals surface area contributed by atoms with Crippen LogP contribution in [0, 0.1) is 5.41 Å². The minimum atomic E-state index is 0.0964. The fourth-order valence-corrected chi connectivity index (χ4v) is 4.01. The number of nitrogens with one attached hydrogen (secondary N) is 1. The molecule has 0 aromatic heterocycles. The number of thioether (sulfide) groups is 1. The van der Waals surface area contributed by atoms with Gasteiger partial charge in [-0.25, -0.2) is 0 Å². The highest BCUT2D eigenvalue weighted by Crippen LogP contribution is 2.35. The van der Waals surface area contributed by atoms with Crippen molar-refractivity contribution in [2.75, 3.05) is 23.9 Å². The second-order valence-corrected chi connectivity index (χ2v) is 7.79. The third kappa shape index (κ3) is 4.67. The van der Waals surface area contributed by atoms with Crippen molar-refractivity contribution in [2.45, 2.75) is 39.8 Å². The van der Waals surface area contributed by atoms with Crippen LogP contribution in [0.5, 0.6) is 0 Å². The van der Waals surface area contributed by atoms with E-state index >= 15 is 0 Å². The zero-order valence-corrected chi connectivity index (χ0v) is 14.3. The Kier molecular flexibility index (Phi) is 5.20. The minimum absolute atomic E-state index is 0.0964. The number of benzene rings is 1. The van der Waals surface area contributed by atoms with E-state index in [2.05, 4.69) is 37.4 Å². The number of carbonyl (C=O) groups excluding carboxylic acids is 1. The molecule has 1 amide bonds. The molecule has 3 nitrogen and oxygen atoms in total. The molecule has 116 valence electrons. The lowest BCUT2D eigenvalue weighted by Crippen LogP contribution is -2.35. The van der Waals surface area contributed by atoms with Crippen LogP contribution in [-0.2, 0) is 11.3 Å². The van der Waals surface area contributed by atoms with Gasteiger partial charge < -0.3 is 10.2 Å². The lowest BCUT2D eigenvalue weighted by molar-refractivity contribution is -0.128. The summed E-state index contributed by atoms with van der Waals surface area (Å²) in [6.45, 7) is 6.94. The Morgan fingerprint density at radius 2 is 2.14 bits per heavy atom. The van der Waals surface area contributed by atoms with Crippen molar-refractivity contribution in [1.82, 2.24) is 4.90 Å². The Morgan fingerprint density at radius 1 is 1.43 bits per heavy atom. The maximum atomic E-state index is 11.4. The molecule has 1 N–H and O–H groups in total. The van der Waals surface area contributed by atoms with E-state index in [4.69, 9.17) is 0 Å². The highest BCUT2D eigenvalue weighted by molar-refractivity contribution is 7.99. The molecule has 1 saturated heterocycles. The number of anilines is 1. The van der Waals surface area contributed by atoms with E-state index in [0.29, 0.717) is 18.0 Å². The van der Waals surface area contributed by atoms with Gasteiger partial charge >= 0.3 is 0 Å². The van der Waals surface area contributed by atoms with Gasteiger partial charge in [0.1, 0.15) is 0 Å². The molecule has 0 aliphatic carbocycles. The Bertz CT molecular complexity index is 501. The van der Waals surface area contributed by atoms with Crippen LogP contribution in [0.15, 0.2) is 24.3 Å². The number of rotatable bonds is 4. The fraction of sp³-hybridized carbons (Fsp3) is 0.588. The average molecular weight is 306 g/mol. The number of amides is 1.